The third-order valence-electron chi connectivity index (χ3n) is 6.60. The zero-order valence-electron chi connectivity index (χ0n) is 22.8. The van der Waals surface area contributed by atoms with Gasteiger partial charge in [-0.3, -0.25) is 4.79 Å². The van der Waals surface area contributed by atoms with Crippen molar-refractivity contribution >= 4 is 5.78 Å². The number of Topliss-reactive ketones (excluding diaryl/α,β-unsaturated/α-hetero) is 1. The number of ketones is 1. The van der Waals surface area contributed by atoms with E-state index in [9.17, 15) is 4.79 Å². The maximum Gasteiger partial charge on any atom is 0.217 e. The lowest BCUT2D eigenvalue weighted by Gasteiger charge is -2.16. The Morgan fingerprint density at radius 2 is 1.78 bits per heavy atom. The number of aromatic amines is 1. The largest absolute Gasteiger partial charge is 0.310 e. The molecule has 0 aliphatic heterocycles. The number of rotatable bonds is 12. The molecule has 0 saturated carbocycles. The van der Waals surface area contributed by atoms with Crippen LogP contribution in [0.25, 0.3) is 17.2 Å². The first-order valence-electron chi connectivity index (χ1n) is 13.4. The van der Waals surface area contributed by atoms with Gasteiger partial charge in [0.1, 0.15) is 5.82 Å². The minimum atomic E-state index is 0.0126. The van der Waals surface area contributed by atoms with E-state index < -0.39 is 0 Å². The van der Waals surface area contributed by atoms with Crippen molar-refractivity contribution in [1.29, 1.82) is 0 Å². The van der Waals surface area contributed by atoms with E-state index in [2.05, 4.69) is 100 Å². The van der Waals surface area contributed by atoms with E-state index in [4.69, 9.17) is 0 Å². The molecule has 0 atom stereocenters. The van der Waals surface area contributed by atoms with Crippen LogP contribution in [-0.2, 0) is 13.0 Å². The smallest absolute Gasteiger partial charge is 0.217 e. The van der Waals surface area contributed by atoms with Gasteiger partial charge < -0.3 is 4.57 Å². The second kappa shape index (κ2) is 11.6. The summed E-state index contributed by atoms with van der Waals surface area (Å²) in [5.74, 6) is 2.52. The van der Waals surface area contributed by atoms with Gasteiger partial charge in [0, 0.05) is 24.2 Å². The van der Waals surface area contributed by atoms with Gasteiger partial charge in [0.2, 0.25) is 11.6 Å². The molecule has 0 saturated heterocycles. The summed E-state index contributed by atoms with van der Waals surface area (Å²) in [5, 5.41) is 19.5. The molecule has 4 aromatic rings. The number of unbranched alkanes of at least 4 members (excludes halogenated alkanes) is 1. The van der Waals surface area contributed by atoms with Gasteiger partial charge in [-0.25, -0.2) is 14.8 Å². The number of aryl methyl sites for hydroxylation is 1. The second-order valence-electron chi connectivity index (χ2n) is 10.2. The first-order valence-corrected chi connectivity index (χ1v) is 13.4. The number of nitrogens with zero attached hydrogens (tertiary/aromatic N) is 7. The molecule has 1 N–H and O–H groups in total. The van der Waals surface area contributed by atoms with E-state index in [1.807, 2.05) is 11.6 Å². The zero-order chi connectivity index (χ0) is 26.5. The minimum absolute atomic E-state index is 0.0126. The van der Waals surface area contributed by atoms with Gasteiger partial charge in [-0.1, -0.05) is 60.1 Å². The molecule has 0 aliphatic carbocycles. The predicted molar refractivity (Wildman–Crippen MR) is 144 cm³/mol. The molecule has 0 bridgehead atoms. The van der Waals surface area contributed by atoms with Gasteiger partial charge in [0.05, 0.1) is 12.2 Å². The number of hydrogen-bond donors (Lipinski definition) is 1. The highest BCUT2D eigenvalue weighted by atomic mass is 16.1. The normalized spacial score (nSPS) is 11.7. The van der Waals surface area contributed by atoms with Crippen LogP contribution >= 0.6 is 0 Å². The molecular weight excluding hydrogens is 464 g/mol. The lowest BCUT2D eigenvalue weighted by molar-refractivity contribution is 0.0971. The Labute approximate surface area is 218 Å². The Balaban J connectivity index is 1.69. The van der Waals surface area contributed by atoms with E-state index in [1.165, 1.54) is 11.3 Å². The van der Waals surface area contributed by atoms with Crippen LogP contribution in [-0.4, -0.2) is 45.7 Å². The van der Waals surface area contributed by atoms with Crippen LogP contribution in [0.5, 0.6) is 0 Å². The van der Waals surface area contributed by atoms with Gasteiger partial charge in [0.25, 0.3) is 0 Å². The maximum atomic E-state index is 12.4. The van der Waals surface area contributed by atoms with Gasteiger partial charge in [-0.05, 0) is 64.4 Å². The Morgan fingerprint density at radius 3 is 2.38 bits per heavy atom. The van der Waals surface area contributed by atoms with Crippen LogP contribution in [0.3, 0.4) is 0 Å². The summed E-state index contributed by atoms with van der Waals surface area (Å²) in [4.78, 5) is 17.0. The number of tetrazole rings is 1. The number of aromatic nitrogens is 8. The average molecular weight is 503 g/mol. The third-order valence-corrected chi connectivity index (χ3v) is 6.60. The van der Waals surface area contributed by atoms with Crippen LogP contribution in [0.4, 0.5) is 0 Å². The molecule has 3 heterocycles. The van der Waals surface area contributed by atoms with E-state index >= 15 is 0 Å². The van der Waals surface area contributed by atoms with Gasteiger partial charge in [0.15, 0.2) is 5.82 Å². The summed E-state index contributed by atoms with van der Waals surface area (Å²) in [5.41, 5.74) is 5.56. The number of nitrogens with one attached hydrogen (secondary N) is 1. The van der Waals surface area contributed by atoms with Gasteiger partial charge >= 0.3 is 0 Å². The van der Waals surface area contributed by atoms with Crippen LogP contribution in [0, 0.1) is 0 Å². The summed E-state index contributed by atoms with van der Waals surface area (Å²) in [6.45, 7) is 13.5. The van der Waals surface area contributed by atoms with Gasteiger partial charge in [-0.15, -0.1) is 10.2 Å². The molecule has 0 amide bonds. The molecule has 0 aliphatic rings. The Morgan fingerprint density at radius 1 is 1.03 bits per heavy atom. The maximum absolute atomic E-state index is 12.4. The van der Waals surface area contributed by atoms with Crippen LogP contribution in [0.2, 0.25) is 0 Å². The molecular formula is C28H38N8O. The van der Waals surface area contributed by atoms with Crippen molar-refractivity contribution in [2.75, 3.05) is 0 Å². The summed E-state index contributed by atoms with van der Waals surface area (Å²) in [7, 11) is 0. The zero-order valence-corrected chi connectivity index (χ0v) is 22.8. The third kappa shape index (κ3) is 5.70. The van der Waals surface area contributed by atoms with Crippen molar-refractivity contribution in [2.45, 2.75) is 92.0 Å². The minimum Gasteiger partial charge on any atom is -0.310 e. The summed E-state index contributed by atoms with van der Waals surface area (Å²) >= 11 is 0. The van der Waals surface area contributed by atoms with Crippen molar-refractivity contribution in [3.05, 3.63) is 58.8 Å². The van der Waals surface area contributed by atoms with Crippen molar-refractivity contribution in [3.63, 3.8) is 0 Å². The van der Waals surface area contributed by atoms with Crippen LogP contribution in [0.15, 0.2) is 30.3 Å². The molecule has 37 heavy (non-hydrogen) atoms. The van der Waals surface area contributed by atoms with Crippen LogP contribution < -0.4 is 0 Å². The summed E-state index contributed by atoms with van der Waals surface area (Å²) in [6, 6.07) is 10.8. The topological polar surface area (TPSA) is 107 Å². The quantitative estimate of drug-likeness (QED) is 0.243. The molecule has 0 fully saturated rings. The highest BCUT2D eigenvalue weighted by Gasteiger charge is 2.24. The van der Waals surface area contributed by atoms with E-state index in [0.29, 0.717) is 36.5 Å². The molecule has 0 radical (unpaired) electrons. The number of carbonyl (C=O) groups excluding carboxylic acids is 1. The van der Waals surface area contributed by atoms with E-state index in [-0.39, 0.29) is 5.78 Å². The average Bonchev–Trinajstić information content (AvgIpc) is 3.62. The lowest BCUT2D eigenvalue weighted by atomic mass is 10.0. The molecule has 4 rings (SSSR count). The number of benzene rings is 1. The van der Waals surface area contributed by atoms with Crippen molar-refractivity contribution in [2.24, 2.45) is 0 Å². The van der Waals surface area contributed by atoms with Crippen molar-refractivity contribution in [3.8, 4) is 17.2 Å². The van der Waals surface area contributed by atoms with Crippen molar-refractivity contribution in [1.82, 2.24) is 40.0 Å². The monoisotopic (exact) mass is 502 g/mol. The van der Waals surface area contributed by atoms with E-state index in [1.54, 1.807) is 0 Å². The molecule has 196 valence electrons. The first-order chi connectivity index (χ1) is 17.8. The Bertz CT molecular complexity index is 1310. The highest BCUT2D eigenvalue weighted by molar-refractivity contribution is 5.92. The molecule has 1 aromatic carbocycles. The molecule has 9 heteroatoms. The fourth-order valence-electron chi connectivity index (χ4n) is 4.60. The standard InChI is InChI=1S/C28H38N8O/c1-7-9-11-25-29-27(24(37)10-8-2)32-35(25)17-20-12-14-21(15-13-20)36-23(19(5)6)16-22(18(3)4)26(36)28-30-33-34-31-28/h12-16,18-19H,7-11,17H2,1-6H3,(H,30,31,33,34). The first kappa shape index (κ1) is 26.4. The second-order valence-corrected chi connectivity index (χ2v) is 10.2. The molecule has 0 spiro atoms. The number of hydrogen-bond acceptors (Lipinski definition) is 6. The molecule has 0 unspecified atom stereocenters. The molecule has 9 nitrogen and oxygen atoms in total. The Hall–Kier alpha value is -3.62. The lowest BCUT2D eigenvalue weighted by Crippen LogP contribution is -2.09. The highest BCUT2D eigenvalue weighted by Crippen LogP contribution is 2.36. The Kier molecular flexibility index (Phi) is 8.31. The predicted octanol–water partition coefficient (Wildman–Crippen LogP) is 5.87. The fraction of sp³-hybridized carbons (Fsp3) is 0.500. The van der Waals surface area contributed by atoms with Crippen molar-refractivity contribution < 1.29 is 4.79 Å². The fourth-order valence-corrected chi connectivity index (χ4v) is 4.60. The number of H-pyrrole nitrogens is 1. The van der Waals surface area contributed by atoms with E-state index in [0.717, 1.165) is 48.5 Å². The SMILES string of the molecule is CCCCc1nc(C(=O)CCC)nn1Cc1ccc(-n2c(C(C)C)cc(C(C)C)c2-c2nnn[nH]2)cc1. The van der Waals surface area contributed by atoms with Gasteiger partial charge in [-0.2, -0.15) is 0 Å². The molecule has 3 aromatic heterocycles. The summed E-state index contributed by atoms with van der Waals surface area (Å²) in [6.07, 6.45) is 4.16. The summed E-state index contributed by atoms with van der Waals surface area (Å²) < 4.78 is 4.15. The van der Waals surface area contributed by atoms with Crippen LogP contribution in [0.1, 0.15) is 112 Å². The number of carbonyl (C=O) groups is 1.